The number of carbonyl (C=O) groups is 1. The number of benzene rings is 1. The van der Waals surface area contributed by atoms with Gasteiger partial charge in [0, 0.05) is 5.56 Å². The van der Waals surface area contributed by atoms with E-state index in [-0.39, 0.29) is 24.3 Å². The summed E-state index contributed by atoms with van der Waals surface area (Å²) in [6, 6.07) is 4.26. The summed E-state index contributed by atoms with van der Waals surface area (Å²) in [5.41, 5.74) is 0.494. The molecule has 0 spiro atoms. The first-order chi connectivity index (χ1) is 6.72. The quantitative estimate of drug-likeness (QED) is 0.674. The molecule has 2 rings (SSSR count). The Bertz CT molecular complexity index is 361. The molecule has 0 aliphatic carbocycles. The van der Waals surface area contributed by atoms with Crippen LogP contribution < -0.4 is 4.90 Å². The van der Waals surface area contributed by atoms with Gasteiger partial charge in [-0.15, -0.1) is 0 Å². The molecule has 1 heterocycles. The summed E-state index contributed by atoms with van der Waals surface area (Å²) in [6.07, 6.45) is -0.321. The molecule has 1 aromatic rings. The molecule has 0 saturated carbocycles. The highest BCUT2D eigenvalue weighted by Gasteiger charge is 2.29. The third-order valence-electron chi connectivity index (χ3n) is 2.30. The van der Waals surface area contributed by atoms with E-state index < -0.39 is 12.0 Å². The summed E-state index contributed by atoms with van der Waals surface area (Å²) in [7, 11) is 0. The Kier molecular flexibility index (Phi) is 2.19. The first kappa shape index (κ1) is 9.12. The zero-order valence-electron chi connectivity index (χ0n) is 7.41. The predicted molar refractivity (Wildman–Crippen MR) is 48.9 cm³/mol. The third kappa shape index (κ3) is 1.36. The summed E-state index contributed by atoms with van der Waals surface area (Å²) in [5.74, 6) is -0.471. The number of alkyl halides is 1. The maximum Gasteiger partial charge on any atom is 0.152 e. The van der Waals surface area contributed by atoms with Crippen molar-refractivity contribution in [2.45, 2.75) is 6.17 Å². The third-order valence-corrected chi connectivity index (χ3v) is 2.30. The number of hydrogen-bond acceptors (Lipinski definition) is 2. The van der Waals surface area contributed by atoms with Gasteiger partial charge < -0.3 is 4.90 Å². The van der Waals surface area contributed by atoms with E-state index >= 15 is 0 Å². The molecule has 74 valence electrons. The molecular formula is C10H9F2NO. The molecule has 0 amide bonds. The molecule has 1 aromatic carbocycles. The molecule has 0 aromatic heterocycles. The number of rotatable bonds is 2. The molecule has 1 fully saturated rings. The maximum atomic E-state index is 13.3. The molecule has 2 nitrogen and oxygen atoms in total. The van der Waals surface area contributed by atoms with E-state index in [0.29, 0.717) is 6.29 Å². The topological polar surface area (TPSA) is 20.3 Å². The fourth-order valence-electron chi connectivity index (χ4n) is 1.57. The largest absolute Gasteiger partial charge is 0.363 e. The van der Waals surface area contributed by atoms with Crippen molar-refractivity contribution in [3.8, 4) is 0 Å². The molecule has 0 radical (unpaired) electrons. The molecule has 4 heteroatoms. The Labute approximate surface area is 80.1 Å². The number of halogens is 2. The zero-order valence-corrected chi connectivity index (χ0v) is 7.41. The van der Waals surface area contributed by atoms with Gasteiger partial charge in [0.05, 0.1) is 18.8 Å². The number of carbonyl (C=O) groups excluding carboxylic acids is 1. The maximum absolute atomic E-state index is 13.3. The fourth-order valence-corrected chi connectivity index (χ4v) is 1.57. The Balaban J connectivity index is 2.35. The van der Waals surface area contributed by atoms with Crippen molar-refractivity contribution < 1.29 is 13.6 Å². The van der Waals surface area contributed by atoms with Gasteiger partial charge in [0.1, 0.15) is 12.0 Å². The Morgan fingerprint density at radius 2 is 2.14 bits per heavy atom. The van der Waals surface area contributed by atoms with Crippen LogP contribution >= 0.6 is 0 Å². The minimum atomic E-state index is -0.908. The SMILES string of the molecule is O=Cc1cccc(F)c1N1CC(F)C1. The summed E-state index contributed by atoms with van der Waals surface area (Å²) >= 11 is 0. The monoisotopic (exact) mass is 197 g/mol. The normalized spacial score (nSPS) is 16.6. The van der Waals surface area contributed by atoms with Gasteiger partial charge in [-0.25, -0.2) is 8.78 Å². The van der Waals surface area contributed by atoms with E-state index in [1.165, 1.54) is 23.1 Å². The van der Waals surface area contributed by atoms with Gasteiger partial charge in [0.2, 0.25) is 0 Å². The second-order valence-corrected chi connectivity index (χ2v) is 3.30. The van der Waals surface area contributed by atoms with Crippen LogP contribution in [0.5, 0.6) is 0 Å². The van der Waals surface area contributed by atoms with Crippen LogP contribution in [0.15, 0.2) is 18.2 Å². The van der Waals surface area contributed by atoms with Crippen molar-refractivity contribution in [2.24, 2.45) is 0 Å². The molecule has 1 saturated heterocycles. The van der Waals surface area contributed by atoms with Crippen LogP contribution in [0.2, 0.25) is 0 Å². The average Bonchev–Trinajstić information content (AvgIpc) is 2.13. The molecule has 0 bridgehead atoms. The molecule has 0 N–H and O–H groups in total. The average molecular weight is 197 g/mol. The van der Waals surface area contributed by atoms with E-state index in [9.17, 15) is 13.6 Å². The van der Waals surface area contributed by atoms with E-state index in [2.05, 4.69) is 0 Å². The Morgan fingerprint density at radius 3 is 2.71 bits per heavy atom. The number of hydrogen-bond donors (Lipinski definition) is 0. The van der Waals surface area contributed by atoms with Gasteiger partial charge in [0.25, 0.3) is 0 Å². The minimum absolute atomic E-state index is 0.168. The van der Waals surface area contributed by atoms with Crippen LogP contribution in [0.1, 0.15) is 10.4 Å². The summed E-state index contributed by atoms with van der Waals surface area (Å²) in [5, 5.41) is 0. The molecule has 0 atom stereocenters. The smallest absolute Gasteiger partial charge is 0.152 e. The van der Waals surface area contributed by atoms with E-state index in [1.54, 1.807) is 0 Å². The number of para-hydroxylation sites is 1. The van der Waals surface area contributed by atoms with Crippen LogP contribution in [0.25, 0.3) is 0 Å². The van der Waals surface area contributed by atoms with Crippen LogP contribution in [-0.2, 0) is 0 Å². The van der Waals surface area contributed by atoms with Gasteiger partial charge in [-0.3, -0.25) is 4.79 Å². The molecular weight excluding hydrogens is 188 g/mol. The van der Waals surface area contributed by atoms with Gasteiger partial charge in [-0.2, -0.15) is 0 Å². The van der Waals surface area contributed by atoms with Crippen LogP contribution in [0.4, 0.5) is 14.5 Å². The van der Waals surface area contributed by atoms with Crippen molar-refractivity contribution in [2.75, 3.05) is 18.0 Å². The van der Waals surface area contributed by atoms with Crippen molar-refractivity contribution in [1.29, 1.82) is 0 Å². The van der Waals surface area contributed by atoms with E-state index in [0.717, 1.165) is 0 Å². The lowest BCUT2D eigenvalue weighted by Crippen LogP contribution is -2.49. The molecule has 14 heavy (non-hydrogen) atoms. The fraction of sp³-hybridized carbons (Fsp3) is 0.300. The van der Waals surface area contributed by atoms with Gasteiger partial charge in [-0.1, -0.05) is 6.07 Å². The highest BCUT2D eigenvalue weighted by atomic mass is 19.1. The number of anilines is 1. The van der Waals surface area contributed by atoms with Crippen molar-refractivity contribution >= 4 is 12.0 Å². The van der Waals surface area contributed by atoms with Crippen LogP contribution in [0.3, 0.4) is 0 Å². The van der Waals surface area contributed by atoms with Crippen molar-refractivity contribution in [3.63, 3.8) is 0 Å². The number of nitrogens with zero attached hydrogens (tertiary/aromatic N) is 1. The Morgan fingerprint density at radius 1 is 1.43 bits per heavy atom. The number of aldehydes is 1. The zero-order chi connectivity index (χ0) is 10.1. The van der Waals surface area contributed by atoms with Gasteiger partial charge in [-0.05, 0) is 12.1 Å². The van der Waals surface area contributed by atoms with Crippen molar-refractivity contribution in [1.82, 2.24) is 0 Å². The lowest BCUT2D eigenvalue weighted by molar-refractivity contribution is 0.112. The molecule has 0 unspecified atom stereocenters. The van der Waals surface area contributed by atoms with Gasteiger partial charge in [0.15, 0.2) is 6.29 Å². The van der Waals surface area contributed by atoms with Gasteiger partial charge >= 0.3 is 0 Å². The van der Waals surface area contributed by atoms with Crippen LogP contribution in [-0.4, -0.2) is 25.5 Å². The summed E-state index contributed by atoms with van der Waals surface area (Å²) < 4.78 is 25.9. The highest BCUT2D eigenvalue weighted by molar-refractivity contribution is 5.85. The summed E-state index contributed by atoms with van der Waals surface area (Å²) in [4.78, 5) is 12.1. The first-order valence-corrected chi connectivity index (χ1v) is 4.35. The van der Waals surface area contributed by atoms with E-state index in [4.69, 9.17) is 0 Å². The standard InChI is InChI=1S/C10H9F2NO/c11-8-4-13(5-8)10-7(6-14)2-1-3-9(10)12/h1-3,6,8H,4-5H2. The van der Waals surface area contributed by atoms with Crippen molar-refractivity contribution in [3.05, 3.63) is 29.6 Å². The first-order valence-electron chi connectivity index (χ1n) is 4.35. The molecule has 1 aliphatic heterocycles. The second-order valence-electron chi connectivity index (χ2n) is 3.30. The lowest BCUT2D eigenvalue weighted by Gasteiger charge is -2.37. The predicted octanol–water partition coefficient (Wildman–Crippen LogP) is 1.80. The summed E-state index contributed by atoms with van der Waals surface area (Å²) in [6.45, 7) is 0.337. The second kappa shape index (κ2) is 3.36. The van der Waals surface area contributed by atoms with Crippen LogP contribution in [0, 0.1) is 5.82 Å². The lowest BCUT2D eigenvalue weighted by atomic mass is 10.1. The molecule has 1 aliphatic rings. The Hall–Kier alpha value is -1.45. The van der Waals surface area contributed by atoms with E-state index in [1.807, 2.05) is 0 Å². The highest BCUT2D eigenvalue weighted by Crippen LogP contribution is 2.28. The minimum Gasteiger partial charge on any atom is -0.363 e.